The van der Waals surface area contributed by atoms with Gasteiger partial charge in [0, 0.05) is 12.1 Å². The SMILES string of the molecule is CCN(/N=C\c1cc(OC)c2c(c1)OCCO2)c1ccc(C)cc1. The van der Waals surface area contributed by atoms with Crippen molar-refractivity contribution in [2.24, 2.45) is 5.10 Å². The summed E-state index contributed by atoms with van der Waals surface area (Å²) in [6.07, 6.45) is 1.81. The topological polar surface area (TPSA) is 43.3 Å². The van der Waals surface area contributed by atoms with Crippen LogP contribution in [0.25, 0.3) is 0 Å². The summed E-state index contributed by atoms with van der Waals surface area (Å²) in [5.41, 5.74) is 3.20. The van der Waals surface area contributed by atoms with Crippen LogP contribution in [0.2, 0.25) is 0 Å². The van der Waals surface area contributed by atoms with Gasteiger partial charge in [0.1, 0.15) is 13.2 Å². The lowest BCUT2D eigenvalue weighted by molar-refractivity contribution is 0.165. The molecule has 0 unspecified atom stereocenters. The van der Waals surface area contributed by atoms with Crippen molar-refractivity contribution in [2.75, 3.05) is 31.9 Å². The smallest absolute Gasteiger partial charge is 0.203 e. The van der Waals surface area contributed by atoms with Crippen LogP contribution in [0, 0.1) is 6.92 Å². The lowest BCUT2D eigenvalue weighted by Crippen LogP contribution is -2.17. The third-order valence-corrected chi connectivity index (χ3v) is 3.83. The second-order valence-corrected chi connectivity index (χ2v) is 5.54. The zero-order valence-electron chi connectivity index (χ0n) is 14.3. The summed E-state index contributed by atoms with van der Waals surface area (Å²) in [5.74, 6) is 2.01. The maximum atomic E-state index is 5.66. The van der Waals surface area contributed by atoms with Gasteiger partial charge in [0.25, 0.3) is 0 Å². The first kappa shape index (κ1) is 16.2. The van der Waals surface area contributed by atoms with Crippen LogP contribution in [0.1, 0.15) is 18.1 Å². The summed E-state index contributed by atoms with van der Waals surface area (Å²) in [6, 6.07) is 12.1. The average Bonchev–Trinajstić information content (AvgIpc) is 2.63. The molecule has 2 aromatic carbocycles. The standard InChI is InChI=1S/C19H22N2O3/c1-4-21(16-7-5-14(2)6-8-16)20-13-15-11-17(22-3)19-18(12-15)23-9-10-24-19/h5-8,11-13H,4,9-10H2,1-3H3/b20-13-. The molecule has 24 heavy (non-hydrogen) atoms. The zero-order valence-corrected chi connectivity index (χ0v) is 14.3. The fraction of sp³-hybridized carbons (Fsp3) is 0.316. The van der Waals surface area contributed by atoms with E-state index in [4.69, 9.17) is 14.2 Å². The molecule has 0 radical (unpaired) electrons. The average molecular weight is 326 g/mol. The summed E-state index contributed by atoms with van der Waals surface area (Å²) in [4.78, 5) is 0. The van der Waals surface area contributed by atoms with Gasteiger partial charge >= 0.3 is 0 Å². The Hall–Kier alpha value is -2.69. The van der Waals surface area contributed by atoms with Crippen molar-refractivity contribution in [1.29, 1.82) is 0 Å². The van der Waals surface area contributed by atoms with Crippen LogP contribution >= 0.6 is 0 Å². The second-order valence-electron chi connectivity index (χ2n) is 5.54. The molecular formula is C19H22N2O3. The molecule has 0 N–H and O–H groups in total. The maximum absolute atomic E-state index is 5.66. The van der Waals surface area contributed by atoms with Crippen molar-refractivity contribution in [2.45, 2.75) is 13.8 Å². The Balaban J connectivity index is 1.86. The van der Waals surface area contributed by atoms with Gasteiger partial charge in [-0.1, -0.05) is 17.7 Å². The van der Waals surface area contributed by atoms with Gasteiger partial charge in [-0.15, -0.1) is 0 Å². The predicted molar refractivity (Wildman–Crippen MR) is 95.8 cm³/mol. The highest BCUT2D eigenvalue weighted by Gasteiger charge is 2.18. The summed E-state index contributed by atoms with van der Waals surface area (Å²) >= 11 is 0. The van der Waals surface area contributed by atoms with Crippen LogP contribution in [0.3, 0.4) is 0 Å². The molecule has 1 aliphatic heterocycles. The number of hydrogen-bond acceptors (Lipinski definition) is 5. The molecule has 1 heterocycles. The molecule has 0 aliphatic carbocycles. The van der Waals surface area contributed by atoms with E-state index in [9.17, 15) is 0 Å². The van der Waals surface area contributed by atoms with Crippen molar-refractivity contribution in [3.8, 4) is 17.2 Å². The molecular weight excluding hydrogens is 304 g/mol. The highest BCUT2D eigenvalue weighted by atomic mass is 16.6. The quantitative estimate of drug-likeness (QED) is 0.621. The molecule has 0 saturated heterocycles. The Morgan fingerprint density at radius 2 is 1.92 bits per heavy atom. The minimum absolute atomic E-state index is 0.536. The van der Waals surface area contributed by atoms with E-state index in [-0.39, 0.29) is 0 Å². The molecule has 0 saturated carbocycles. The van der Waals surface area contributed by atoms with E-state index < -0.39 is 0 Å². The van der Waals surface area contributed by atoms with Crippen molar-refractivity contribution in [3.05, 3.63) is 47.5 Å². The van der Waals surface area contributed by atoms with Crippen molar-refractivity contribution >= 4 is 11.9 Å². The molecule has 1 aliphatic rings. The fourth-order valence-corrected chi connectivity index (χ4v) is 2.55. The molecule has 0 fully saturated rings. The highest BCUT2D eigenvalue weighted by molar-refractivity contribution is 5.83. The van der Waals surface area contributed by atoms with Gasteiger partial charge < -0.3 is 14.2 Å². The van der Waals surface area contributed by atoms with Gasteiger partial charge in [-0.2, -0.15) is 5.10 Å². The van der Waals surface area contributed by atoms with Crippen LogP contribution in [0.15, 0.2) is 41.5 Å². The van der Waals surface area contributed by atoms with Crippen molar-refractivity contribution < 1.29 is 14.2 Å². The predicted octanol–water partition coefficient (Wildman–Crippen LogP) is 3.64. The highest BCUT2D eigenvalue weighted by Crippen LogP contribution is 2.40. The number of hydrogen-bond donors (Lipinski definition) is 0. The molecule has 0 spiro atoms. The zero-order chi connectivity index (χ0) is 16.9. The summed E-state index contributed by atoms with van der Waals surface area (Å²) < 4.78 is 16.7. The fourth-order valence-electron chi connectivity index (χ4n) is 2.55. The van der Waals surface area contributed by atoms with Crippen LogP contribution < -0.4 is 19.2 Å². The lowest BCUT2D eigenvalue weighted by Gasteiger charge is -2.21. The van der Waals surface area contributed by atoms with E-state index in [0.717, 1.165) is 17.8 Å². The molecule has 0 bridgehead atoms. The van der Waals surface area contributed by atoms with Crippen LogP contribution in [0.4, 0.5) is 5.69 Å². The first-order valence-corrected chi connectivity index (χ1v) is 8.07. The molecule has 126 valence electrons. The third-order valence-electron chi connectivity index (χ3n) is 3.83. The number of ether oxygens (including phenoxy) is 3. The first-order valence-electron chi connectivity index (χ1n) is 8.07. The van der Waals surface area contributed by atoms with Gasteiger partial charge in [-0.05, 0) is 38.1 Å². The molecule has 3 rings (SSSR count). The summed E-state index contributed by atoms with van der Waals surface area (Å²) in [6.45, 7) is 6.00. The Kier molecular flexibility index (Phi) is 4.89. The maximum Gasteiger partial charge on any atom is 0.203 e. The third kappa shape index (κ3) is 3.45. The number of nitrogens with zero attached hydrogens (tertiary/aromatic N) is 2. The summed E-state index contributed by atoms with van der Waals surface area (Å²) in [7, 11) is 1.62. The molecule has 5 nitrogen and oxygen atoms in total. The number of rotatable bonds is 5. The molecule has 2 aromatic rings. The van der Waals surface area contributed by atoms with E-state index in [0.29, 0.717) is 30.5 Å². The number of anilines is 1. The van der Waals surface area contributed by atoms with E-state index >= 15 is 0 Å². The molecule has 0 atom stereocenters. The van der Waals surface area contributed by atoms with Gasteiger partial charge in [-0.25, -0.2) is 0 Å². The Labute approximate surface area is 142 Å². The van der Waals surface area contributed by atoms with Gasteiger partial charge in [-0.3, -0.25) is 5.01 Å². The Morgan fingerprint density at radius 1 is 1.17 bits per heavy atom. The van der Waals surface area contributed by atoms with Crippen molar-refractivity contribution in [1.82, 2.24) is 0 Å². The van der Waals surface area contributed by atoms with E-state index in [2.05, 4.69) is 43.2 Å². The second kappa shape index (κ2) is 7.25. The van der Waals surface area contributed by atoms with Gasteiger partial charge in [0.15, 0.2) is 11.5 Å². The van der Waals surface area contributed by atoms with Crippen LogP contribution in [-0.2, 0) is 0 Å². The number of methoxy groups -OCH3 is 1. The van der Waals surface area contributed by atoms with Crippen LogP contribution in [-0.4, -0.2) is 33.1 Å². The number of fused-ring (bicyclic) bond motifs is 1. The number of aryl methyl sites for hydroxylation is 1. The van der Waals surface area contributed by atoms with E-state index in [1.165, 1.54) is 5.56 Å². The lowest BCUT2D eigenvalue weighted by atomic mass is 10.2. The summed E-state index contributed by atoms with van der Waals surface area (Å²) in [5, 5.41) is 6.54. The molecule has 0 aromatic heterocycles. The van der Waals surface area contributed by atoms with Crippen LogP contribution in [0.5, 0.6) is 17.2 Å². The first-order chi connectivity index (χ1) is 11.7. The van der Waals surface area contributed by atoms with E-state index in [1.807, 2.05) is 23.4 Å². The monoisotopic (exact) mass is 326 g/mol. The molecule has 5 heteroatoms. The normalized spacial score (nSPS) is 13.1. The Morgan fingerprint density at radius 3 is 2.62 bits per heavy atom. The number of benzene rings is 2. The Bertz CT molecular complexity index is 709. The van der Waals surface area contributed by atoms with E-state index in [1.54, 1.807) is 7.11 Å². The largest absolute Gasteiger partial charge is 0.493 e. The van der Waals surface area contributed by atoms with Crippen molar-refractivity contribution in [3.63, 3.8) is 0 Å². The molecule has 0 amide bonds. The minimum atomic E-state index is 0.536. The minimum Gasteiger partial charge on any atom is -0.493 e. The number of hydrazone groups is 1. The van der Waals surface area contributed by atoms with Gasteiger partial charge in [0.05, 0.1) is 19.0 Å². The van der Waals surface area contributed by atoms with Gasteiger partial charge in [0.2, 0.25) is 5.75 Å².